The summed E-state index contributed by atoms with van der Waals surface area (Å²) in [6.45, 7) is 0.786. The lowest BCUT2D eigenvalue weighted by atomic mass is 9.56. The van der Waals surface area contributed by atoms with E-state index in [0.717, 1.165) is 35.4 Å². The Morgan fingerprint density at radius 1 is 1.36 bits per heavy atom. The van der Waals surface area contributed by atoms with Gasteiger partial charge in [-0.25, -0.2) is 0 Å². The molecule has 4 aliphatic heterocycles. The maximum Gasteiger partial charge on any atom is 0.225 e. The average molecular weight is 355 g/mol. The van der Waals surface area contributed by atoms with Gasteiger partial charge in [-0.05, 0) is 35.0 Å². The summed E-state index contributed by atoms with van der Waals surface area (Å²) in [5, 5.41) is 25.7. The number of H-pyrrole nitrogens is 1. The molecule has 3 bridgehead atoms. The molecule has 6 nitrogen and oxygen atoms in total. The van der Waals surface area contributed by atoms with Gasteiger partial charge in [0.15, 0.2) is 0 Å². The van der Waals surface area contributed by atoms with Crippen LogP contribution in [0.25, 0.3) is 0 Å². The zero-order chi connectivity index (χ0) is 16.7. The highest BCUT2D eigenvalue weighted by Gasteiger charge is 2.68. The number of carbonyl (C=O) groups excluding carboxylic acids is 1. The van der Waals surface area contributed by atoms with Crippen LogP contribution in [0.3, 0.4) is 0 Å². The largest absolute Gasteiger partial charge is 0.390 e. The molecule has 6 atom stereocenters. The summed E-state index contributed by atoms with van der Waals surface area (Å²) in [7, 11) is 0. The molecule has 1 aromatic rings. The fourth-order valence-electron chi connectivity index (χ4n) is 6.25. The Kier molecular flexibility index (Phi) is 2.13. The van der Waals surface area contributed by atoms with Gasteiger partial charge in [0, 0.05) is 18.3 Å². The monoisotopic (exact) mass is 355 g/mol. The van der Waals surface area contributed by atoms with E-state index in [9.17, 15) is 15.0 Å². The number of nitrogens with zero attached hydrogens (tertiary/aromatic N) is 1. The predicted molar refractivity (Wildman–Crippen MR) is 90.7 cm³/mol. The van der Waals surface area contributed by atoms with Gasteiger partial charge in [0.25, 0.3) is 0 Å². The van der Waals surface area contributed by atoms with Crippen LogP contribution in [-0.4, -0.2) is 56.0 Å². The molecule has 6 unspecified atom stereocenters. The Morgan fingerprint density at radius 2 is 2.24 bits per heavy atom. The highest BCUT2D eigenvalue weighted by molar-refractivity contribution is 8.04. The van der Waals surface area contributed by atoms with E-state index in [0.29, 0.717) is 11.4 Å². The Balaban J connectivity index is 1.63. The van der Waals surface area contributed by atoms with Gasteiger partial charge in [-0.3, -0.25) is 9.69 Å². The Morgan fingerprint density at radius 3 is 3.12 bits per heavy atom. The number of aromatic nitrogens is 1. The standard InChI is InChI=1S/C18H17N3O3S/c22-7-3-8-18-4-9(25-8)20-13-11(18)15-10-6(5-19-12(10)16(13)23)1-2-21(15)14(7)17(18)24/h3,5,7,9,14-15,17,19-20,22,24H,1-2,4H2. The molecule has 2 aliphatic carbocycles. The first-order valence-electron chi connectivity index (χ1n) is 8.88. The summed E-state index contributed by atoms with van der Waals surface area (Å²) in [5.41, 5.74) is 4.20. The predicted octanol–water partition coefficient (Wildman–Crippen LogP) is 0.418. The van der Waals surface area contributed by atoms with E-state index in [4.69, 9.17) is 0 Å². The number of aliphatic hydroxyl groups excluding tert-OH is 2. The number of Topliss-reactive ketones (excluding diaryl/α,β-unsaturated/α-hetero) is 1. The van der Waals surface area contributed by atoms with Gasteiger partial charge in [-0.1, -0.05) is 0 Å². The number of piperidine rings is 1. The van der Waals surface area contributed by atoms with Crippen molar-refractivity contribution in [3.05, 3.63) is 45.3 Å². The number of aromatic amines is 1. The van der Waals surface area contributed by atoms with Crippen molar-refractivity contribution < 1.29 is 15.0 Å². The van der Waals surface area contributed by atoms with Gasteiger partial charge in [0.05, 0.1) is 46.5 Å². The number of aliphatic hydroxyl groups is 2. The molecule has 7 heteroatoms. The van der Waals surface area contributed by atoms with Crippen molar-refractivity contribution in [1.82, 2.24) is 15.2 Å². The van der Waals surface area contributed by atoms with Crippen molar-refractivity contribution in [3.63, 3.8) is 0 Å². The van der Waals surface area contributed by atoms with Crippen LogP contribution in [0.15, 0.2) is 28.4 Å². The quantitative estimate of drug-likeness (QED) is 0.539. The fraction of sp³-hybridized carbons (Fsp3) is 0.500. The average Bonchev–Trinajstić information content (AvgIpc) is 3.13. The minimum atomic E-state index is -0.672. The number of rotatable bonds is 0. The van der Waals surface area contributed by atoms with E-state index in [1.807, 2.05) is 12.3 Å². The van der Waals surface area contributed by atoms with Crippen molar-refractivity contribution in [2.24, 2.45) is 5.41 Å². The van der Waals surface area contributed by atoms with Gasteiger partial charge in [0.1, 0.15) is 0 Å². The number of hydrogen-bond acceptors (Lipinski definition) is 6. The number of fused-ring (bicyclic) bond motifs is 3. The summed E-state index contributed by atoms with van der Waals surface area (Å²) in [6, 6.07) is -0.322. The van der Waals surface area contributed by atoms with Crippen LogP contribution in [0.4, 0.5) is 0 Å². The number of thioether (sulfide) groups is 1. The van der Waals surface area contributed by atoms with Crippen molar-refractivity contribution in [1.29, 1.82) is 0 Å². The molecule has 5 heterocycles. The van der Waals surface area contributed by atoms with Crippen molar-refractivity contribution >= 4 is 17.5 Å². The molecule has 6 aliphatic rings. The lowest BCUT2D eigenvalue weighted by Gasteiger charge is -2.61. The van der Waals surface area contributed by atoms with Gasteiger partial charge >= 0.3 is 0 Å². The van der Waals surface area contributed by atoms with Gasteiger partial charge < -0.3 is 20.5 Å². The van der Waals surface area contributed by atoms with Crippen LogP contribution >= 0.6 is 11.8 Å². The molecule has 0 amide bonds. The first kappa shape index (κ1) is 13.6. The second-order valence-electron chi connectivity index (χ2n) is 7.99. The SMILES string of the molecule is O=C1C2=C3C4c5c(c[nH]c51)CCN4C1C(O)C=C4SC(CC43C1O)N2. The molecule has 25 heavy (non-hydrogen) atoms. The molecule has 7 rings (SSSR count). The van der Waals surface area contributed by atoms with Gasteiger partial charge in [0.2, 0.25) is 5.78 Å². The second-order valence-corrected chi connectivity index (χ2v) is 9.24. The van der Waals surface area contributed by atoms with E-state index < -0.39 is 17.6 Å². The topological polar surface area (TPSA) is 88.6 Å². The summed E-state index contributed by atoms with van der Waals surface area (Å²) < 4.78 is 0. The van der Waals surface area contributed by atoms with Crippen molar-refractivity contribution in [2.45, 2.75) is 42.5 Å². The molecule has 0 radical (unpaired) electrons. The zero-order valence-corrected chi connectivity index (χ0v) is 14.1. The van der Waals surface area contributed by atoms with Crippen LogP contribution in [0.2, 0.25) is 0 Å². The zero-order valence-electron chi connectivity index (χ0n) is 13.3. The third-order valence-electron chi connectivity index (χ3n) is 7.13. The first-order valence-corrected chi connectivity index (χ1v) is 9.76. The van der Waals surface area contributed by atoms with E-state index in [1.165, 1.54) is 5.56 Å². The summed E-state index contributed by atoms with van der Waals surface area (Å²) >= 11 is 1.67. The van der Waals surface area contributed by atoms with Crippen LogP contribution in [0.5, 0.6) is 0 Å². The molecule has 0 aromatic carbocycles. The third-order valence-corrected chi connectivity index (χ3v) is 8.46. The van der Waals surface area contributed by atoms with E-state index in [2.05, 4.69) is 15.2 Å². The number of carbonyl (C=O) groups is 1. The third kappa shape index (κ3) is 1.23. The normalized spacial score (nSPS) is 45.4. The van der Waals surface area contributed by atoms with Gasteiger partial charge in [-0.2, -0.15) is 0 Å². The number of hydrogen-bond donors (Lipinski definition) is 4. The summed E-state index contributed by atoms with van der Waals surface area (Å²) in [5.74, 6) is 0.0250. The maximum atomic E-state index is 13.2. The number of ketones is 1. The lowest BCUT2D eigenvalue weighted by Crippen LogP contribution is -2.68. The molecular formula is C18H17N3O3S. The van der Waals surface area contributed by atoms with E-state index >= 15 is 0 Å². The molecule has 128 valence electrons. The van der Waals surface area contributed by atoms with Crippen LogP contribution in [0.1, 0.15) is 34.1 Å². The molecule has 4 N–H and O–H groups in total. The molecule has 0 saturated carbocycles. The number of allylic oxidation sites excluding steroid dienone is 1. The van der Waals surface area contributed by atoms with Crippen molar-refractivity contribution in [2.75, 3.05) is 6.54 Å². The molecule has 1 aromatic heterocycles. The van der Waals surface area contributed by atoms with Crippen LogP contribution < -0.4 is 5.32 Å². The van der Waals surface area contributed by atoms with E-state index in [1.54, 1.807) is 11.8 Å². The Labute approximate surface area is 148 Å². The molecule has 2 saturated heterocycles. The summed E-state index contributed by atoms with van der Waals surface area (Å²) in [4.78, 5) is 19.7. The maximum absolute atomic E-state index is 13.2. The summed E-state index contributed by atoms with van der Waals surface area (Å²) in [6.07, 6.45) is 4.19. The lowest BCUT2D eigenvalue weighted by molar-refractivity contribution is -0.108. The Hall–Kier alpha value is -1.54. The van der Waals surface area contributed by atoms with Crippen LogP contribution in [-0.2, 0) is 6.42 Å². The van der Waals surface area contributed by atoms with Gasteiger partial charge in [-0.15, -0.1) is 11.8 Å². The molecule has 2 fully saturated rings. The smallest absolute Gasteiger partial charge is 0.225 e. The minimum absolute atomic E-state index is 0.0170. The Bertz CT molecular complexity index is 949. The molecule has 1 spiro atoms. The van der Waals surface area contributed by atoms with Crippen molar-refractivity contribution in [3.8, 4) is 0 Å². The highest BCUT2D eigenvalue weighted by atomic mass is 32.2. The van der Waals surface area contributed by atoms with Crippen LogP contribution in [0, 0.1) is 5.41 Å². The second kappa shape index (κ2) is 3.91. The number of nitrogens with one attached hydrogen (secondary N) is 2. The van der Waals surface area contributed by atoms with E-state index in [-0.39, 0.29) is 23.2 Å². The minimum Gasteiger partial charge on any atom is -0.390 e. The molecular weight excluding hydrogens is 338 g/mol. The highest BCUT2D eigenvalue weighted by Crippen LogP contribution is 2.69. The first-order chi connectivity index (χ1) is 12.1. The fourth-order valence-corrected chi connectivity index (χ4v) is 7.83.